The third-order valence-corrected chi connectivity index (χ3v) is 3.67. The average molecular weight is 352 g/mol. The zero-order chi connectivity index (χ0) is 17.9. The monoisotopic (exact) mass is 352 g/mol. The molecule has 0 atom stereocenters. The highest BCUT2D eigenvalue weighted by molar-refractivity contribution is 6.04. The Morgan fingerprint density at radius 2 is 1.76 bits per heavy atom. The second-order valence-corrected chi connectivity index (χ2v) is 5.37. The van der Waals surface area contributed by atoms with Crippen LogP contribution in [0.25, 0.3) is 0 Å². The predicted octanol–water partition coefficient (Wildman–Crippen LogP) is 2.58. The van der Waals surface area contributed by atoms with E-state index in [1.165, 1.54) is 30.6 Å². The molecule has 1 amide bonds. The van der Waals surface area contributed by atoms with Crippen LogP contribution in [-0.2, 0) is 10.9 Å². The molecule has 6 nitrogen and oxygen atoms in total. The maximum atomic E-state index is 13.0. The molecule has 2 aromatic rings. The third-order valence-electron chi connectivity index (χ3n) is 3.67. The van der Waals surface area contributed by atoms with Gasteiger partial charge in [-0.2, -0.15) is 13.2 Å². The standard InChI is InChI=1S/C16H15F3N4O2/c17-16(18,19)12-3-1-2-4-13(12)22-14(24)11-9-20-15(21-10-11)23-5-7-25-8-6-23/h1-4,9-10H,5-8H2,(H,22,24). The Morgan fingerprint density at radius 3 is 2.40 bits per heavy atom. The summed E-state index contributed by atoms with van der Waals surface area (Å²) in [6, 6.07) is 4.79. The van der Waals surface area contributed by atoms with Crippen LogP contribution in [0.5, 0.6) is 0 Å². The van der Waals surface area contributed by atoms with Crippen LogP contribution in [0.2, 0.25) is 0 Å². The van der Waals surface area contributed by atoms with Crippen LogP contribution < -0.4 is 10.2 Å². The number of amides is 1. The van der Waals surface area contributed by atoms with Crippen LogP contribution in [0.3, 0.4) is 0 Å². The van der Waals surface area contributed by atoms with Gasteiger partial charge in [-0.3, -0.25) is 4.79 Å². The summed E-state index contributed by atoms with van der Waals surface area (Å²) in [5.41, 5.74) is -1.14. The number of hydrogen-bond donors (Lipinski definition) is 1. The smallest absolute Gasteiger partial charge is 0.378 e. The minimum Gasteiger partial charge on any atom is -0.378 e. The molecule has 1 aromatic heterocycles. The molecule has 1 aliphatic rings. The third kappa shape index (κ3) is 4.05. The van der Waals surface area contributed by atoms with E-state index in [-0.39, 0.29) is 11.3 Å². The number of carbonyl (C=O) groups is 1. The first-order chi connectivity index (χ1) is 11.9. The van der Waals surface area contributed by atoms with E-state index in [9.17, 15) is 18.0 Å². The summed E-state index contributed by atoms with van der Waals surface area (Å²) in [6.07, 6.45) is -1.97. The van der Waals surface area contributed by atoms with Gasteiger partial charge in [-0.25, -0.2) is 9.97 Å². The topological polar surface area (TPSA) is 67.4 Å². The zero-order valence-corrected chi connectivity index (χ0v) is 13.1. The minimum atomic E-state index is -4.55. The van der Waals surface area contributed by atoms with Crippen LogP contribution in [0.1, 0.15) is 15.9 Å². The van der Waals surface area contributed by atoms with Crippen molar-refractivity contribution in [3.05, 3.63) is 47.8 Å². The van der Waals surface area contributed by atoms with Crippen molar-refractivity contribution < 1.29 is 22.7 Å². The van der Waals surface area contributed by atoms with Gasteiger partial charge in [-0.1, -0.05) is 12.1 Å². The lowest BCUT2D eigenvalue weighted by Gasteiger charge is -2.26. The van der Waals surface area contributed by atoms with Gasteiger partial charge in [0.1, 0.15) is 0 Å². The molecule has 1 saturated heterocycles. The van der Waals surface area contributed by atoms with Crippen molar-refractivity contribution in [3.63, 3.8) is 0 Å². The molecule has 3 rings (SSSR count). The number of anilines is 2. The summed E-state index contributed by atoms with van der Waals surface area (Å²) in [4.78, 5) is 22.3. The van der Waals surface area contributed by atoms with Crippen molar-refractivity contribution in [2.75, 3.05) is 36.5 Å². The molecule has 132 valence electrons. The number of halogens is 3. The van der Waals surface area contributed by atoms with E-state index in [1.54, 1.807) is 0 Å². The quantitative estimate of drug-likeness (QED) is 0.920. The molecule has 1 N–H and O–H groups in total. The molecule has 2 heterocycles. The molecule has 1 aliphatic heterocycles. The minimum absolute atomic E-state index is 0.0778. The second-order valence-electron chi connectivity index (χ2n) is 5.37. The van der Waals surface area contributed by atoms with Gasteiger partial charge in [0.2, 0.25) is 5.95 Å². The van der Waals surface area contributed by atoms with Gasteiger partial charge >= 0.3 is 6.18 Å². The van der Waals surface area contributed by atoms with E-state index in [0.29, 0.717) is 32.3 Å². The van der Waals surface area contributed by atoms with Crippen molar-refractivity contribution in [1.29, 1.82) is 0 Å². The fraction of sp³-hybridized carbons (Fsp3) is 0.312. The molecule has 0 unspecified atom stereocenters. The number of alkyl halides is 3. The summed E-state index contributed by atoms with van der Waals surface area (Å²) < 4.78 is 44.1. The highest BCUT2D eigenvalue weighted by atomic mass is 19.4. The average Bonchev–Trinajstić information content (AvgIpc) is 2.62. The van der Waals surface area contributed by atoms with Crippen LogP contribution in [0.15, 0.2) is 36.7 Å². The van der Waals surface area contributed by atoms with Crippen LogP contribution in [0.4, 0.5) is 24.8 Å². The van der Waals surface area contributed by atoms with Crippen LogP contribution in [0, 0.1) is 0 Å². The highest BCUT2D eigenvalue weighted by Crippen LogP contribution is 2.34. The molecule has 1 aromatic carbocycles. The van der Waals surface area contributed by atoms with Crippen LogP contribution >= 0.6 is 0 Å². The number of para-hydroxylation sites is 1. The van der Waals surface area contributed by atoms with Gasteiger partial charge in [-0.15, -0.1) is 0 Å². The Balaban J connectivity index is 1.74. The lowest BCUT2D eigenvalue weighted by Crippen LogP contribution is -2.37. The highest BCUT2D eigenvalue weighted by Gasteiger charge is 2.33. The van der Waals surface area contributed by atoms with E-state index in [1.807, 2.05) is 4.90 Å². The van der Waals surface area contributed by atoms with E-state index >= 15 is 0 Å². The maximum absolute atomic E-state index is 13.0. The zero-order valence-electron chi connectivity index (χ0n) is 13.1. The fourth-order valence-electron chi connectivity index (χ4n) is 2.40. The van der Waals surface area contributed by atoms with Crippen molar-refractivity contribution in [3.8, 4) is 0 Å². The summed E-state index contributed by atoms with van der Waals surface area (Å²) in [7, 11) is 0. The Bertz CT molecular complexity index is 744. The van der Waals surface area contributed by atoms with Crippen molar-refractivity contribution >= 4 is 17.5 Å². The molecular formula is C16H15F3N4O2. The Labute approximate surface area is 141 Å². The Kier molecular flexibility index (Phi) is 4.84. The molecule has 1 fully saturated rings. The lowest BCUT2D eigenvalue weighted by molar-refractivity contribution is -0.136. The first-order valence-electron chi connectivity index (χ1n) is 7.57. The summed E-state index contributed by atoms with van der Waals surface area (Å²) in [6.45, 7) is 2.43. The Morgan fingerprint density at radius 1 is 1.12 bits per heavy atom. The van der Waals surface area contributed by atoms with Crippen molar-refractivity contribution in [2.45, 2.75) is 6.18 Å². The molecule has 9 heteroatoms. The first-order valence-corrected chi connectivity index (χ1v) is 7.57. The largest absolute Gasteiger partial charge is 0.418 e. The molecule has 0 radical (unpaired) electrons. The molecule has 0 spiro atoms. The summed E-state index contributed by atoms with van der Waals surface area (Å²) in [5, 5.41) is 2.26. The fourth-order valence-corrected chi connectivity index (χ4v) is 2.40. The van der Waals surface area contributed by atoms with Crippen LogP contribution in [-0.4, -0.2) is 42.2 Å². The number of ether oxygens (including phenoxy) is 1. The molecule has 0 bridgehead atoms. The lowest BCUT2D eigenvalue weighted by atomic mass is 10.1. The van der Waals surface area contributed by atoms with E-state index in [0.717, 1.165) is 6.07 Å². The van der Waals surface area contributed by atoms with Crippen molar-refractivity contribution in [2.24, 2.45) is 0 Å². The number of hydrogen-bond acceptors (Lipinski definition) is 5. The number of benzene rings is 1. The second kappa shape index (κ2) is 7.06. The van der Waals surface area contributed by atoms with Gasteiger partial charge < -0.3 is 15.0 Å². The molecule has 0 saturated carbocycles. The number of rotatable bonds is 3. The van der Waals surface area contributed by atoms with E-state index in [2.05, 4.69) is 15.3 Å². The number of aromatic nitrogens is 2. The van der Waals surface area contributed by atoms with Crippen molar-refractivity contribution in [1.82, 2.24) is 9.97 Å². The summed E-state index contributed by atoms with van der Waals surface area (Å²) in [5.74, 6) is -0.249. The number of nitrogens with zero attached hydrogens (tertiary/aromatic N) is 3. The predicted molar refractivity (Wildman–Crippen MR) is 84.5 cm³/mol. The molecule has 0 aliphatic carbocycles. The molecule has 25 heavy (non-hydrogen) atoms. The SMILES string of the molecule is O=C(Nc1ccccc1C(F)(F)F)c1cnc(N2CCOCC2)nc1. The van der Waals surface area contributed by atoms with Gasteiger partial charge in [0, 0.05) is 25.5 Å². The van der Waals surface area contributed by atoms with Gasteiger partial charge in [0.05, 0.1) is 30.0 Å². The first kappa shape index (κ1) is 17.2. The number of morpholine rings is 1. The normalized spacial score (nSPS) is 15.1. The summed E-state index contributed by atoms with van der Waals surface area (Å²) >= 11 is 0. The number of carbonyl (C=O) groups excluding carboxylic acids is 1. The van der Waals surface area contributed by atoms with E-state index < -0.39 is 17.6 Å². The Hall–Kier alpha value is -2.68. The van der Waals surface area contributed by atoms with Gasteiger partial charge in [-0.05, 0) is 12.1 Å². The van der Waals surface area contributed by atoms with Gasteiger partial charge in [0.15, 0.2) is 0 Å². The maximum Gasteiger partial charge on any atom is 0.418 e. The van der Waals surface area contributed by atoms with Gasteiger partial charge in [0.25, 0.3) is 5.91 Å². The molecular weight excluding hydrogens is 337 g/mol. The van der Waals surface area contributed by atoms with E-state index in [4.69, 9.17) is 4.74 Å². The number of nitrogens with one attached hydrogen (secondary N) is 1.